The Kier molecular flexibility index (Phi) is 4.49. The molecule has 0 atom stereocenters. The van der Waals surface area contributed by atoms with Crippen molar-refractivity contribution in [2.24, 2.45) is 0 Å². The number of hydrogen-bond donors (Lipinski definition) is 2. The van der Waals surface area contributed by atoms with E-state index in [-0.39, 0.29) is 5.91 Å². The van der Waals surface area contributed by atoms with Gasteiger partial charge in [-0.1, -0.05) is 0 Å². The molecule has 1 aromatic rings. The predicted molar refractivity (Wildman–Crippen MR) is 68.3 cm³/mol. The van der Waals surface area contributed by atoms with Crippen molar-refractivity contribution in [2.45, 2.75) is 6.92 Å². The molecule has 2 N–H and O–H groups in total. The first-order valence-corrected chi connectivity index (χ1v) is 6.14. The van der Waals surface area contributed by atoms with Crippen molar-refractivity contribution in [3.05, 3.63) is 23.9 Å². The molecule has 0 bridgehead atoms. The largest absolute Gasteiger partial charge is 0.379 e. The highest BCUT2D eigenvalue weighted by molar-refractivity contribution is 5.98. The fourth-order valence-electron chi connectivity index (χ4n) is 1.78. The summed E-state index contributed by atoms with van der Waals surface area (Å²) in [5.74, 6) is 0.478. The number of morpholine rings is 1. The number of anilines is 1. The molecule has 1 saturated heterocycles. The van der Waals surface area contributed by atoms with E-state index in [9.17, 15) is 4.79 Å². The van der Waals surface area contributed by atoms with Crippen LogP contribution in [0.3, 0.4) is 0 Å². The molecule has 0 spiro atoms. The minimum absolute atomic E-state index is 0.138. The van der Waals surface area contributed by atoms with Crippen molar-refractivity contribution in [3.8, 4) is 0 Å². The Balaban J connectivity index is 2.03. The molecule has 18 heavy (non-hydrogen) atoms. The van der Waals surface area contributed by atoms with E-state index in [2.05, 4.69) is 15.7 Å². The van der Waals surface area contributed by atoms with Gasteiger partial charge in [0.2, 0.25) is 0 Å². The van der Waals surface area contributed by atoms with E-state index in [1.807, 2.05) is 11.9 Å². The number of carbonyl (C=O) groups is 1. The number of hydrazine groups is 1. The van der Waals surface area contributed by atoms with Gasteiger partial charge in [-0.2, -0.15) is 0 Å². The van der Waals surface area contributed by atoms with Gasteiger partial charge in [0.1, 0.15) is 5.82 Å². The summed E-state index contributed by atoms with van der Waals surface area (Å²) in [4.78, 5) is 16.3. The fourth-order valence-corrected chi connectivity index (χ4v) is 1.78. The first-order chi connectivity index (χ1) is 8.81. The summed E-state index contributed by atoms with van der Waals surface area (Å²) in [6, 6.07) is 3.52. The van der Waals surface area contributed by atoms with Crippen molar-refractivity contribution < 1.29 is 9.53 Å². The smallest absolute Gasteiger partial charge is 0.269 e. The summed E-state index contributed by atoms with van der Waals surface area (Å²) in [5.41, 5.74) is 3.43. The van der Waals surface area contributed by atoms with Gasteiger partial charge in [0, 0.05) is 25.8 Å². The number of aromatic nitrogens is 1. The number of pyridine rings is 1. The molecule has 98 valence electrons. The third-order valence-corrected chi connectivity index (χ3v) is 2.67. The number of amides is 1. The van der Waals surface area contributed by atoms with Crippen LogP contribution in [0.2, 0.25) is 0 Å². The van der Waals surface area contributed by atoms with Gasteiger partial charge in [-0.3, -0.25) is 10.2 Å². The first kappa shape index (κ1) is 12.8. The van der Waals surface area contributed by atoms with E-state index < -0.39 is 0 Å². The SMILES string of the molecule is CCNc1ncccc1C(=O)NN1CCOCC1. The minimum Gasteiger partial charge on any atom is -0.379 e. The topological polar surface area (TPSA) is 66.5 Å². The second kappa shape index (κ2) is 6.32. The van der Waals surface area contributed by atoms with E-state index in [0.717, 1.165) is 6.54 Å². The molecule has 0 radical (unpaired) electrons. The zero-order valence-electron chi connectivity index (χ0n) is 10.5. The van der Waals surface area contributed by atoms with E-state index in [0.29, 0.717) is 37.7 Å². The Morgan fingerprint density at radius 1 is 1.50 bits per heavy atom. The van der Waals surface area contributed by atoms with Gasteiger partial charge >= 0.3 is 0 Å². The summed E-state index contributed by atoms with van der Waals surface area (Å²) < 4.78 is 5.23. The number of hydrogen-bond acceptors (Lipinski definition) is 5. The first-order valence-electron chi connectivity index (χ1n) is 6.14. The van der Waals surface area contributed by atoms with Crippen LogP contribution in [0.25, 0.3) is 0 Å². The van der Waals surface area contributed by atoms with E-state index >= 15 is 0 Å². The van der Waals surface area contributed by atoms with Crippen LogP contribution in [0.1, 0.15) is 17.3 Å². The van der Waals surface area contributed by atoms with Crippen LogP contribution in [0.4, 0.5) is 5.82 Å². The third-order valence-electron chi connectivity index (χ3n) is 2.67. The highest BCUT2D eigenvalue weighted by Crippen LogP contribution is 2.11. The molecule has 1 aromatic heterocycles. The molecule has 1 fully saturated rings. The molecule has 0 unspecified atom stereocenters. The monoisotopic (exact) mass is 250 g/mol. The minimum atomic E-state index is -0.138. The summed E-state index contributed by atoms with van der Waals surface area (Å²) in [5, 5.41) is 4.95. The average molecular weight is 250 g/mol. The average Bonchev–Trinajstić information content (AvgIpc) is 2.41. The molecule has 1 aliphatic rings. The van der Waals surface area contributed by atoms with Gasteiger partial charge in [0.15, 0.2) is 0 Å². The summed E-state index contributed by atoms with van der Waals surface area (Å²) in [6.45, 7) is 5.42. The second-order valence-corrected chi connectivity index (χ2v) is 3.97. The van der Waals surface area contributed by atoms with Crippen LogP contribution >= 0.6 is 0 Å². The highest BCUT2D eigenvalue weighted by Gasteiger charge is 2.16. The van der Waals surface area contributed by atoms with Crippen LogP contribution < -0.4 is 10.7 Å². The van der Waals surface area contributed by atoms with Crippen molar-refractivity contribution in [3.63, 3.8) is 0 Å². The normalized spacial score (nSPS) is 16.3. The van der Waals surface area contributed by atoms with E-state index in [4.69, 9.17) is 4.74 Å². The number of rotatable bonds is 4. The van der Waals surface area contributed by atoms with Gasteiger partial charge in [0.05, 0.1) is 18.8 Å². The molecular formula is C12H18N4O2. The highest BCUT2D eigenvalue weighted by atomic mass is 16.5. The van der Waals surface area contributed by atoms with Crippen LogP contribution in [0.5, 0.6) is 0 Å². The second-order valence-electron chi connectivity index (χ2n) is 3.97. The van der Waals surface area contributed by atoms with Crippen molar-refractivity contribution in [1.82, 2.24) is 15.4 Å². The molecule has 2 rings (SSSR count). The van der Waals surface area contributed by atoms with Gasteiger partial charge < -0.3 is 10.1 Å². The van der Waals surface area contributed by atoms with Gasteiger partial charge in [-0.25, -0.2) is 9.99 Å². The molecule has 6 nitrogen and oxygen atoms in total. The fraction of sp³-hybridized carbons (Fsp3) is 0.500. The Labute approximate surface area is 106 Å². The Morgan fingerprint density at radius 3 is 3.00 bits per heavy atom. The lowest BCUT2D eigenvalue weighted by Crippen LogP contribution is -2.48. The van der Waals surface area contributed by atoms with Crippen molar-refractivity contribution >= 4 is 11.7 Å². The van der Waals surface area contributed by atoms with Gasteiger partial charge in [0.25, 0.3) is 5.91 Å². The van der Waals surface area contributed by atoms with Crippen molar-refractivity contribution in [1.29, 1.82) is 0 Å². The molecule has 0 aliphatic carbocycles. The number of ether oxygens (including phenoxy) is 1. The standard InChI is InChI=1S/C12H18N4O2/c1-2-13-11-10(4-3-5-14-11)12(17)15-16-6-8-18-9-7-16/h3-5H,2,6-9H2,1H3,(H,13,14)(H,15,17). The van der Waals surface area contributed by atoms with Gasteiger partial charge in [-0.05, 0) is 19.1 Å². The maximum Gasteiger partial charge on any atom is 0.269 e. The molecule has 1 aliphatic heterocycles. The third kappa shape index (κ3) is 3.18. The summed E-state index contributed by atoms with van der Waals surface area (Å²) in [7, 11) is 0. The van der Waals surface area contributed by atoms with E-state index in [1.54, 1.807) is 18.3 Å². The lowest BCUT2D eigenvalue weighted by molar-refractivity contribution is 0.0126. The summed E-state index contributed by atoms with van der Waals surface area (Å²) in [6.07, 6.45) is 1.67. The zero-order chi connectivity index (χ0) is 12.8. The maximum absolute atomic E-state index is 12.1. The van der Waals surface area contributed by atoms with Crippen molar-refractivity contribution in [2.75, 3.05) is 38.2 Å². The quantitative estimate of drug-likeness (QED) is 0.814. The Morgan fingerprint density at radius 2 is 2.28 bits per heavy atom. The Hall–Kier alpha value is -1.66. The zero-order valence-corrected chi connectivity index (χ0v) is 10.5. The predicted octanol–water partition coefficient (Wildman–Crippen LogP) is 0.490. The molecule has 0 saturated carbocycles. The maximum atomic E-state index is 12.1. The lowest BCUT2D eigenvalue weighted by Gasteiger charge is -2.27. The number of nitrogens with zero attached hydrogens (tertiary/aromatic N) is 2. The van der Waals surface area contributed by atoms with E-state index in [1.165, 1.54) is 0 Å². The molecule has 1 amide bonds. The number of carbonyl (C=O) groups excluding carboxylic acids is 1. The summed E-state index contributed by atoms with van der Waals surface area (Å²) >= 11 is 0. The van der Waals surface area contributed by atoms with Crippen LogP contribution in [0, 0.1) is 0 Å². The molecule has 2 heterocycles. The molecule has 0 aromatic carbocycles. The molecule has 6 heteroatoms. The lowest BCUT2D eigenvalue weighted by atomic mass is 10.2. The van der Waals surface area contributed by atoms with Crippen LogP contribution in [-0.2, 0) is 4.74 Å². The van der Waals surface area contributed by atoms with Gasteiger partial charge in [-0.15, -0.1) is 0 Å². The number of nitrogens with one attached hydrogen (secondary N) is 2. The van der Waals surface area contributed by atoms with Crippen LogP contribution in [-0.4, -0.2) is 48.7 Å². The molecular weight excluding hydrogens is 232 g/mol. The van der Waals surface area contributed by atoms with Crippen LogP contribution in [0.15, 0.2) is 18.3 Å². The Bertz CT molecular complexity index is 405.